The molecule has 1 unspecified atom stereocenters. The van der Waals surface area contributed by atoms with Gasteiger partial charge in [-0.3, -0.25) is 14.5 Å². The van der Waals surface area contributed by atoms with E-state index in [1.54, 1.807) is 87.5 Å². The van der Waals surface area contributed by atoms with Crippen molar-refractivity contribution in [2.75, 3.05) is 32.8 Å². The van der Waals surface area contributed by atoms with E-state index in [4.69, 9.17) is 28.4 Å². The number of carbonyl (C=O) groups excluding carboxylic acids is 6. The van der Waals surface area contributed by atoms with Crippen molar-refractivity contribution in [3.8, 4) is 28.6 Å². The summed E-state index contributed by atoms with van der Waals surface area (Å²) in [6.07, 6.45) is -13.1. The minimum atomic E-state index is -2.48. The molecule has 1 aromatic heterocycles. The SMILES string of the molecule is CC(=O)O[C@@]12CO[C@@H]1C[C@H](O)[C@@]1(C)C(=O)[C@H](O)C3=C(C)[C@@H](OC(=O)[C@H](OC(=O)N4CCN(Cc5ccc(-n6c(-c7cc(C(C)C)c(O)cc7O)n[nH]c6=O)cc5)CC4)[C@@H](NC(=O)OC(C)(C)C)c4ccccc4)C[C@@](O)([C@@H](OC(=O)c4ccccc4)C12)C3(C)C. The Morgan fingerprint density at radius 2 is 1.51 bits per heavy atom. The number of amides is 2. The average molecular weight is 1240 g/mol. The number of rotatable bonds is 14. The molecule has 2 saturated heterocycles. The summed E-state index contributed by atoms with van der Waals surface area (Å²) in [7, 11) is 0. The van der Waals surface area contributed by atoms with Crippen molar-refractivity contribution >= 4 is 35.9 Å². The largest absolute Gasteiger partial charge is 0.508 e. The number of phenolic OH excluding ortho intramolecular Hbond substituents is 2. The Morgan fingerprint density at radius 1 is 0.867 bits per heavy atom. The van der Waals surface area contributed by atoms with Gasteiger partial charge in [0.25, 0.3) is 0 Å². The molecule has 90 heavy (non-hydrogen) atoms. The number of carbonyl (C=O) groups is 6. The van der Waals surface area contributed by atoms with E-state index in [-0.39, 0.29) is 77.2 Å². The van der Waals surface area contributed by atoms with Crippen molar-refractivity contribution in [1.82, 2.24) is 29.9 Å². The number of hydrogen-bond donors (Lipinski definition) is 7. The number of fused-ring (bicyclic) bond motifs is 5. The van der Waals surface area contributed by atoms with Gasteiger partial charge in [0.2, 0.25) is 6.10 Å². The number of alkyl carbamates (subject to hydrolysis) is 1. The van der Waals surface area contributed by atoms with Crippen LogP contribution in [0.15, 0.2) is 113 Å². The van der Waals surface area contributed by atoms with Crippen LogP contribution in [0.5, 0.6) is 11.5 Å². The molecule has 4 aromatic carbocycles. The van der Waals surface area contributed by atoms with Crippen LogP contribution in [-0.4, -0.2) is 172 Å². The Bertz CT molecular complexity index is 3670. The Hall–Kier alpha value is -8.42. The quantitative estimate of drug-likeness (QED) is 0.0364. The predicted molar refractivity (Wildman–Crippen MR) is 322 cm³/mol. The second-order valence-corrected chi connectivity index (χ2v) is 26.1. The van der Waals surface area contributed by atoms with Crippen molar-refractivity contribution in [2.45, 2.75) is 154 Å². The number of phenols is 2. The molecule has 2 bridgehead atoms. The molecule has 3 aliphatic carbocycles. The van der Waals surface area contributed by atoms with Crippen molar-refractivity contribution in [3.05, 3.63) is 141 Å². The fourth-order valence-electron chi connectivity index (χ4n) is 13.9. The first kappa shape index (κ1) is 64.6. The number of hydrogen-bond acceptors (Lipinski definition) is 20. The van der Waals surface area contributed by atoms with E-state index in [1.165, 1.54) is 55.4 Å². The summed E-state index contributed by atoms with van der Waals surface area (Å²) in [6.45, 7) is 16.7. The molecule has 2 aliphatic heterocycles. The fourth-order valence-corrected chi connectivity index (χ4v) is 13.9. The van der Waals surface area contributed by atoms with Crippen LogP contribution in [0, 0.1) is 16.7 Å². The molecule has 3 heterocycles. The van der Waals surface area contributed by atoms with Gasteiger partial charge in [-0.15, -0.1) is 0 Å². The highest BCUT2D eigenvalue weighted by atomic mass is 16.6. The first-order chi connectivity index (χ1) is 42.4. The standard InChI is InChI=1S/C66H78N6O18/c1-35(2)42-29-43(45(75)30-44(42)74)56-68-69-59(81)72(56)41-23-21-38(22-24-41)33-70-25-27-71(28-26-70)61(83)87-52(50(39-17-13-11-14-18-39)67-60(82)90-62(5,6)7)58(80)86-46-32-66(84)55(88-57(79)40-19-15-12-16-20-40)53-64(10,54(78)51(77)49(36(46)3)63(66,8)9)47(76)31-48-65(53,34-85-48)89-37(4)73/h11-24,29-30,35,46-48,50-53,55,74-77,84H,25-28,31-34H2,1-10H3,(H,67,82)(H,69,81)/t46-,47-,48+,50-,51+,52+,53?,55-,64+,65-,66+/m0/s1. The molecule has 2 saturated carbocycles. The maximum absolute atomic E-state index is 15.5. The fraction of sp³-hybridized carbons (Fsp3) is 0.485. The van der Waals surface area contributed by atoms with E-state index in [9.17, 15) is 49.5 Å². The van der Waals surface area contributed by atoms with Gasteiger partial charge in [-0.25, -0.2) is 33.6 Å². The lowest BCUT2D eigenvalue weighted by molar-refractivity contribution is -0.346. The lowest BCUT2D eigenvalue weighted by atomic mass is 9.44. The minimum absolute atomic E-state index is 0.0392. The number of ether oxygens (including phenoxy) is 6. The van der Waals surface area contributed by atoms with Crippen LogP contribution in [0.4, 0.5) is 9.59 Å². The summed E-state index contributed by atoms with van der Waals surface area (Å²) in [5.41, 5.74) is -7.31. The number of Topliss-reactive ketones (excluding diaryl/α,β-unsaturated/α-hetero) is 1. The molecule has 11 atom stereocenters. The second-order valence-electron chi connectivity index (χ2n) is 26.1. The molecule has 7 N–H and O–H groups in total. The molecule has 0 radical (unpaired) electrons. The van der Waals surface area contributed by atoms with E-state index < -0.39 is 124 Å². The number of aliphatic hydroxyl groups is 3. The number of benzene rings is 4. The second kappa shape index (κ2) is 24.4. The molecular weight excluding hydrogens is 1160 g/mol. The Balaban J connectivity index is 0.953. The molecule has 480 valence electrons. The van der Waals surface area contributed by atoms with Crippen LogP contribution < -0.4 is 11.0 Å². The molecule has 5 aromatic rings. The van der Waals surface area contributed by atoms with E-state index in [0.29, 0.717) is 30.9 Å². The van der Waals surface area contributed by atoms with Crippen LogP contribution in [-0.2, 0) is 49.3 Å². The third kappa shape index (κ3) is 11.7. The maximum atomic E-state index is 15.5. The number of aromatic nitrogens is 3. The lowest BCUT2D eigenvalue weighted by Gasteiger charge is -2.67. The maximum Gasteiger partial charge on any atom is 0.410 e. The van der Waals surface area contributed by atoms with Gasteiger partial charge in [-0.05, 0) is 98.7 Å². The van der Waals surface area contributed by atoms with Gasteiger partial charge >= 0.3 is 35.8 Å². The number of aromatic amines is 1. The Morgan fingerprint density at radius 3 is 2.11 bits per heavy atom. The lowest BCUT2D eigenvalue weighted by Crippen LogP contribution is -2.81. The molecule has 24 nitrogen and oxygen atoms in total. The number of H-pyrrole nitrogens is 1. The van der Waals surface area contributed by atoms with Crippen LogP contribution in [0.25, 0.3) is 17.1 Å². The third-order valence-corrected chi connectivity index (χ3v) is 18.7. The number of piperazine rings is 1. The van der Waals surface area contributed by atoms with E-state index in [2.05, 4.69) is 20.4 Å². The summed E-state index contributed by atoms with van der Waals surface area (Å²) < 4.78 is 38.2. The topological polar surface area (TPSA) is 328 Å². The predicted octanol–water partition coefficient (Wildman–Crippen LogP) is 6.30. The smallest absolute Gasteiger partial charge is 0.410 e. The minimum Gasteiger partial charge on any atom is -0.508 e. The summed E-state index contributed by atoms with van der Waals surface area (Å²) >= 11 is 0. The molecule has 4 fully saturated rings. The monoisotopic (exact) mass is 1240 g/mol. The normalized spacial score (nSPS) is 27.1. The molecule has 2 amide bonds. The summed E-state index contributed by atoms with van der Waals surface area (Å²) in [5.74, 6) is -5.89. The van der Waals surface area contributed by atoms with Crippen LogP contribution >= 0.6 is 0 Å². The van der Waals surface area contributed by atoms with Gasteiger partial charge in [-0.2, -0.15) is 5.10 Å². The number of esters is 3. The summed E-state index contributed by atoms with van der Waals surface area (Å²) in [5, 5.41) is 69.4. The van der Waals surface area contributed by atoms with Gasteiger partial charge < -0.3 is 64.2 Å². The van der Waals surface area contributed by atoms with Crippen molar-refractivity contribution in [2.24, 2.45) is 16.7 Å². The summed E-state index contributed by atoms with van der Waals surface area (Å²) in [4.78, 5) is 104. The first-order valence-corrected chi connectivity index (χ1v) is 30.1. The van der Waals surface area contributed by atoms with Gasteiger partial charge in [-0.1, -0.05) is 88.4 Å². The Labute approximate surface area is 519 Å². The molecule has 24 heteroatoms. The van der Waals surface area contributed by atoms with Gasteiger partial charge in [0, 0.05) is 64.0 Å². The van der Waals surface area contributed by atoms with Crippen LogP contribution in [0.1, 0.15) is 121 Å². The van der Waals surface area contributed by atoms with E-state index >= 15 is 9.59 Å². The zero-order valence-electron chi connectivity index (χ0n) is 51.9. The number of aromatic hydroxyl groups is 2. The first-order valence-electron chi connectivity index (χ1n) is 30.1. The number of nitrogens with one attached hydrogen (secondary N) is 2. The highest BCUT2D eigenvalue weighted by Crippen LogP contribution is 2.64. The van der Waals surface area contributed by atoms with Crippen LogP contribution in [0.3, 0.4) is 0 Å². The zero-order valence-corrected chi connectivity index (χ0v) is 51.9. The number of aliphatic hydroxyl groups excluding tert-OH is 2. The molecule has 5 aliphatic rings. The highest BCUT2D eigenvalue weighted by Gasteiger charge is 2.78. The Kier molecular flexibility index (Phi) is 17.5. The van der Waals surface area contributed by atoms with Gasteiger partial charge in [0.15, 0.2) is 17.2 Å². The summed E-state index contributed by atoms with van der Waals surface area (Å²) in [6, 6.07) is 24.4. The number of ketones is 1. The molecule has 10 rings (SSSR count). The van der Waals surface area contributed by atoms with Crippen LogP contribution in [0.2, 0.25) is 0 Å². The third-order valence-electron chi connectivity index (χ3n) is 18.7. The van der Waals surface area contributed by atoms with Crippen molar-refractivity contribution < 1.29 is 82.7 Å². The zero-order chi connectivity index (χ0) is 65.2. The highest BCUT2D eigenvalue weighted by molar-refractivity contribution is 5.94. The van der Waals surface area contributed by atoms with Crippen molar-refractivity contribution in [3.63, 3.8) is 0 Å². The average Bonchev–Trinajstić information content (AvgIpc) is 0.811. The van der Waals surface area contributed by atoms with Gasteiger partial charge in [0.05, 0.1) is 40.9 Å². The molecular formula is C66H78N6O18. The van der Waals surface area contributed by atoms with Crippen molar-refractivity contribution in [1.29, 1.82) is 0 Å². The molecule has 0 spiro atoms. The van der Waals surface area contributed by atoms with E-state index in [0.717, 1.165) is 12.5 Å². The van der Waals surface area contributed by atoms with E-state index in [1.807, 2.05) is 26.0 Å². The number of nitrogens with zero attached hydrogens (tertiary/aromatic N) is 4. The van der Waals surface area contributed by atoms with Gasteiger partial charge in [0.1, 0.15) is 53.2 Å².